The SMILES string of the molecule is Cn1c(=O)c2ccsc2n(C)c1=O. The number of rotatable bonds is 0. The zero-order valence-corrected chi connectivity index (χ0v) is 8.09. The third-order valence-electron chi connectivity index (χ3n) is 2.06. The molecule has 0 amide bonds. The highest BCUT2D eigenvalue weighted by Crippen LogP contribution is 2.13. The second-order valence-corrected chi connectivity index (χ2v) is 3.74. The van der Waals surface area contributed by atoms with E-state index >= 15 is 0 Å². The van der Waals surface area contributed by atoms with Crippen LogP contribution in [0, 0.1) is 0 Å². The predicted octanol–water partition coefficient (Wildman–Crippen LogP) is 0.299. The summed E-state index contributed by atoms with van der Waals surface area (Å²) in [5, 5.41) is 2.42. The molecule has 2 heterocycles. The van der Waals surface area contributed by atoms with Crippen molar-refractivity contribution in [2.75, 3.05) is 0 Å². The van der Waals surface area contributed by atoms with Gasteiger partial charge in [-0.15, -0.1) is 11.3 Å². The fraction of sp³-hybridized carbons (Fsp3) is 0.250. The van der Waals surface area contributed by atoms with Crippen LogP contribution in [0.25, 0.3) is 10.2 Å². The maximum atomic E-state index is 11.5. The maximum absolute atomic E-state index is 11.5. The number of nitrogens with zero attached hydrogens (tertiary/aromatic N) is 2. The van der Waals surface area contributed by atoms with Gasteiger partial charge in [0.25, 0.3) is 5.56 Å². The number of hydrogen-bond donors (Lipinski definition) is 0. The van der Waals surface area contributed by atoms with Gasteiger partial charge in [0.15, 0.2) is 0 Å². The Morgan fingerprint density at radius 2 is 1.92 bits per heavy atom. The molecule has 2 aromatic heterocycles. The number of aromatic nitrogens is 2. The van der Waals surface area contributed by atoms with Crippen LogP contribution < -0.4 is 11.2 Å². The quantitative estimate of drug-likeness (QED) is 0.608. The minimum absolute atomic E-state index is 0.223. The lowest BCUT2D eigenvalue weighted by Crippen LogP contribution is -2.36. The molecule has 2 rings (SSSR count). The lowest BCUT2D eigenvalue weighted by atomic mass is 10.4. The van der Waals surface area contributed by atoms with Gasteiger partial charge in [-0.1, -0.05) is 0 Å². The summed E-state index contributed by atoms with van der Waals surface area (Å²) in [5.41, 5.74) is -0.501. The summed E-state index contributed by atoms with van der Waals surface area (Å²) in [7, 11) is 3.16. The van der Waals surface area contributed by atoms with E-state index < -0.39 is 0 Å². The summed E-state index contributed by atoms with van der Waals surface area (Å²) in [6.07, 6.45) is 0. The Kier molecular flexibility index (Phi) is 1.63. The molecule has 0 saturated carbocycles. The molecule has 68 valence electrons. The average molecular weight is 196 g/mol. The van der Waals surface area contributed by atoms with Gasteiger partial charge in [-0.3, -0.25) is 13.9 Å². The molecule has 0 spiro atoms. The fourth-order valence-electron chi connectivity index (χ4n) is 1.30. The van der Waals surface area contributed by atoms with Crippen LogP contribution >= 0.6 is 11.3 Å². The first-order chi connectivity index (χ1) is 6.13. The van der Waals surface area contributed by atoms with E-state index in [1.165, 1.54) is 23.0 Å². The van der Waals surface area contributed by atoms with Crippen molar-refractivity contribution in [3.05, 3.63) is 32.3 Å². The highest BCUT2D eigenvalue weighted by atomic mass is 32.1. The van der Waals surface area contributed by atoms with Gasteiger partial charge in [0, 0.05) is 14.1 Å². The largest absolute Gasteiger partial charge is 0.331 e. The Morgan fingerprint density at radius 3 is 2.62 bits per heavy atom. The predicted molar refractivity (Wildman–Crippen MR) is 52.3 cm³/mol. The normalized spacial score (nSPS) is 10.9. The van der Waals surface area contributed by atoms with E-state index in [4.69, 9.17) is 0 Å². The molecule has 0 atom stereocenters. The minimum Gasteiger partial charge on any atom is -0.287 e. The fourth-order valence-corrected chi connectivity index (χ4v) is 2.15. The van der Waals surface area contributed by atoms with Crippen LogP contribution in [0.4, 0.5) is 0 Å². The van der Waals surface area contributed by atoms with Crippen LogP contribution in [0.1, 0.15) is 0 Å². The molecule has 0 aliphatic rings. The zero-order valence-electron chi connectivity index (χ0n) is 7.27. The van der Waals surface area contributed by atoms with Gasteiger partial charge in [-0.05, 0) is 11.4 Å². The van der Waals surface area contributed by atoms with Gasteiger partial charge in [0.05, 0.1) is 5.39 Å². The third-order valence-corrected chi connectivity index (χ3v) is 3.05. The number of fused-ring (bicyclic) bond motifs is 1. The topological polar surface area (TPSA) is 44.0 Å². The Balaban J connectivity index is 3.21. The molecule has 5 heteroatoms. The summed E-state index contributed by atoms with van der Waals surface area (Å²) in [5.74, 6) is 0. The third kappa shape index (κ3) is 0.968. The molecule has 0 N–H and O–H groups in total. The molecule has 0 bridgehead atoms. The smallest absolute Gasteiger partial charge is 0.287 e. The molecule has 0 aliphatic carbocycles. The number of hydrogen-bond acceptors (Lipinski definition) is 3. The summed E-state index contributed by atoms with van der Waals surface area (Å²) < 4.78 is 2.61. The summed E-state index contributed by atoms with van der Waals surface area (Å²) in [4.78, 5) is 23.7. The van der Waals surface area contributed by atoms with Crippen LogP contribution in [0.2, 0.25) is 0 Å². The Labute approximate surface area is 77.7 Å². The Morgan fingerprint density at radius 1 is 1.23 bits per heavy atom. The van der Waals surface area contributed by atoms with E-state index in [1.54, 1.807) is 13.1 Å². The van der Waals surface area contributed by atoms with E-state index in [1.807, 2.05) is 5.38 Å². The molecule has 0 fully saturated rings. The molecule has 4 nitrogen and oxygen atoms in total. The van der Waals surface area contributed by atoms with Crippen LogP contribution in [0.15, 0.2) is 21.0 Å². The van der Waals surface area contributed by atoms with Crippen LogP contribution in [-0.4, -0.2) is 9.13 Å². The maximum Gasteiger partial charge on any atom is 0.331 e. The molecule has 0 radical (unpaired) electrons. The van der Waals surface area contributed by atoms with E-state index in [2.05, 4.69) is 0 Å². The molecule has 0 aromatic carbocycles. The summed E-state index contributed by atoms with van der Waals surface area (Å²) >= 11 is 1.40. The van der Waals surface area contributed by atoms with Gasteiger partial charge in [-0.25, -0.2) is 4.79 Å². The highest BCUT2D eigenvalue weighted by Gasteiger charge is 2.07. The molecule has 13 heavy (non-hydrogen) atoms. The molecular weight excluding hydrogens is 188 g/mol. The van der Waals surface area contributed by atoms with Gasteiger partial charge in [0.2, 0.25) is 0 Å². The van der Waals surface area contributed by atoms with Crippen LogP contribution in [-0.2, 0) is 14.1 Å². The minimum atomic E-state index is -0.278. The van der Waals surface area contributed by atoms with Crippen molar-refractivity contribution in [1.82, 2.24) is 9.13 Å². The van der Waals surface area contributed by atoms with Crippen LogP contribution in [0.5, 0.6) is 0 Å². The monoisotopic (exact) mass is 196 g/mol. The average Bonchev–Trinajstić information content (AvgIpc) is 2.59. The molecular formula is C8H8N2O2S. The first-order valence-electron chi connectivity index (χ1n) is 3.76. The van der Waals surface area contributed by atoms with E-state index in [0.29, 0.717) is 5.39 Å². The molecule has 2 aromatic rings. The van der Waals surface area contributed by atoms with Gasteiger partial charge < -0.3 is 0 Å². The van der Waals surface area contributed by atoms with E-state index in [-0.39, 0.29) is 11.2 Å². The van der Waals surface area contributed by atoms with E-state index in [0.717, 1.165) is 9.40 Å². The second-order valence-electron chi connectivity index (χ2n) is 2.85. The van der Waals surface area contributed by atoms with Gasteiger partial charge in [-0.2, -0.15) is 0 Å². The van der Waals surface area contributed by atoms with Crippen molar-refractivity contribution in [3.63, 3.8) is 0 Å². The molecule has 0 unspecified atom stereocenters. The second kappa shape index (κ2) is 2.56. The molecule has 0 saturated heterocycles. The van der Waals surface area contributed by atoms with Crippen LogP contribution in [0.3, 0.4) is 0 Å². The van der Waals surface area contributed by atoms with Gasteiger partial charge >= 0.3 is 5.69 Å². The lowest BCUT2D eigenvalue weighted by Gasteiger charge is -2.01. The summed E-state index contributed by atoms with van der Waals surface area (Å²) in [6.45, 7) is 0. The van der Waals surface area contributed by atoms with Crippen molar-refractivity contribution in [3.8, 4) is 0 Å². The van der Waals surface area contributed by atoms with Crippen molar-refractivity contribution >= 4 is 21.6 Å². The lowest BCUT2D eigenvalue weighted by molar-refractivity contribution is 0.717. The standard InChI is InChI=1S/C8H8N2O2S/c1-9-6(11)5-3-4-13-7(5)10(2)8(9)12/h3-4H,1-2H3. The highest BCUT2D eigenvalue weighted by molar-refractivity contribution is 7.16. The first-order valence-corrected chi connectivity index (χ1v) is 4.64. The molecule has 0 aliphatic heterocycles. The van der Waals surface area contributed by atoms with Crippen molar-refractivity contribution in [2.24, 2.45) is 14.1 Å². The summed E-state index contributed by atoms with van der Waals surface area (Å²) in [6, 6.07) is 1.74. The Bertz CT molecular complexity index is 576. The van der Waals surface area contributed by atoms with Crippen molar-refractivity contribution in [2.45, 2.75) is 0 Å². The first kappa shape index (κ1) is 8.25. The van der Waals surface area contributed by atoms with Crippen molar-refractivity contribution in [1.29, 1.82) is 0 Å². The van der Waals surface area contributed by atoms with E-state index in [9.17, 15) is 9.59 Å². The Hall–Kier alpha value is -1.36. The van der Waals surface area contributed by atoms with Crippen molar-refractivity contribution < 1.29 is 0 Å². The van der Waals surface area contributed by atoms with Gasteiger partial charge in [0.1, 0.15) is 4.83 Å². The number of thiophene rings is 1. The zero-order chi connectivity index (χ0) is 9.59. The number of aryl methyl sites for hydroxylation is 1.